The maximum Gasteiger partial charge on any atom is 0.178 e. The van der Waals surface area contributed by atoms with E-state index in [2.05, 4.69) is 10.6 Å². The maximum absolute atomic E-state index is 11.8. The number of nitrogens with one attached hydrogen (secondary N) is 2. The highest BCUT2D eigenvalue weighted by molar-refractivity contribution is 6.04. The van der Waals surface area contributed by atoms with Crippen LogP contribution in [-0.4, -0.2) is 19.9 Å². The number of hydrogen-bond acceptors (Lipinski definition) is 3. The average molecular weight is 292 g/mol. The molecule has 2 N–H and O–H groups in total. The Hall–Kier alpha value is -2.81. The van der Waals surface area contributed by atoms with Crippen LogP contribution in [0.15, 0.2) is 60.7 Å². The normalized spacial score (nSPS) is 11.0. The summed E-state index contributed by atoms with van der Waals surface area (Å²) in [6.07, 6.45) is 6.78. The van der Waals surface area contributed by atoms with Crippen molar-refractivity contribution in [1.82, 2.24) is 0 Å². The lowest BCUT2D eigenvalue weighted by atomic mass is 10.1. The van der Waals surface area contributed by atoms with Gasteiger partial charge in [-0.3, -0.25) is 4.79 Å². The second kappa shape index (κ2) is 7.84. The van der Waals surface area contributed by atoms with E-state index in [0.717, 1.165) is 22.5 Å². The van der Waals surface area contributed by atoms with Crippen LogP contribution in [0.3, 0.4) is 0 Å². The summed E-state index contributed by atoms with van der Waals surface area (Å²) in [6.45, 7) is 0. The van der Waals surface area contributed by atoms with Crippen LogP contribution in [-0.2, 0) is 4.79 Å². The smallest absolute Gasteiger partial charge is 0.178 e. The molecule has 0 heterocycles. The molecule has 0 amide bonds. The molecule has 0 saturated heterocycles. The topological polar surface area (TPSA) is 41.1 Å². The quantitative estimate of drug-likeness (QED) is 0.789. The summed E-state index contributed by atoms with van der Waals surface area (Å²) in [7, 11) is 3.75. The van der Waals surface area contributed by atoms with E-state index in [9.17, 15) is 4.79 Å². The summed E-state index contributed by atoms with van der Waals surface area (Å²) in [6, 6.07) is 15.8. The molecular formula is C19H20N2O. The molecule has 0 spiro atoms. The van der Waals surface area contributed by atoms with Gasteiger partial charge in [0.15, 0.2) is 5.78 Å². The highest BCUT2D eigenvalue weighted by Crippen LogP contribution is 2.11. The Bertz CT molecular complexity index is 608. The number of ketones is 1. The zero-order chi connectivity index (χ0) is 15.8. The number of carbonyl (C=O) groups is 1. The summed E-state index contributed by atoms with van der Waals surface area (Å²) < 4.78 is 0. The lowest BCUT2D eigenvalue weighted by Crippen LogP contribution is -1.88. The van der Waals surface area contributed by atoms with E-state index >= 15 is 0 Å². The monoisotopic (exact) mass is 292 g/mol. The zero-order valence-corrected chi connectivity index (χ0v) is 12.8. The van der Waals surface area contributed by atoms with Crippen molar-refractivity contribution in [2.24, 2.45) is 0 Å². The van der Waals surface area contributed by atoms with Crippen molar-refractivity contribution < 1.29 is 4.79 Å². The Labute approximate surface area is 131 Å². The Balaban J connectivity index is 1.95. The predicted molar refractivity (Wildman–Crippen MR) is 95.1 cm³/mol. The van der Waals surface area contributed by atoms with Gasteiger partial charge in [0.1, 0.15) is 0 Å². The minimum absolute atomic E-state index is 0.0320. The van der Waals surface area contributed by atoms with Gasteiger partial charge >= 0.3 is 0 Å². The number of benzene rings is 2. The van der Waals surface area contributed by atoms with Gasteiger partial charge in [0.2, 0.25) is 0 Å². The van der Waals surface area contributed by atoms with Crippen LogP contribution in [0, 0.1) is 0 Å². The molecule has 2 rings (SSSR count). The fourth-order valence-electron chi connectivity index (χ4n) is 1.93. The molecule has 2 aromatic rings. The van der Waals surface area contributed by atoms with Gasteiger partial charge in [0, 0.05) is 25.5 Å². The van der Waals surface area contributed by atoms with Gasteiger partial charge in [-0.05, 0) is 47.5 Å². The maximum atomic E-state index is 11.8. The van der Waals surface area contributed by atoms with E-state index < -0.39 is 0 Å². The molecule has 0 aliphatic heterocycles. The second-order valence-corrected chi connectivity index (χ2v) is 4.81. The molecule has 0 aliphatic carbocycles. The number of hydrogen-bond donors (Lipinski definition) is 2. The number of anilines is 2. The lowest BCUT2D eigenvalue weighted by Gasteiger charge is -1.99. The van der Waals surface area contributed by atoms with Gasteiger partial charge in [-0.15, -0.1) is 0 Å². The van der Waals surface area contributed by atoms with Crippen LogP contribution in [0.5, 0.6) is 0 Å². The van der Waals surface area contributed by atoms with Crippen molar-refractivity contribution in [1.29, 1.82) is 0 Å². The van der Waals surface area contributed by atoms with E-state index in [1.165, 1.54) is 0 Å². The van der Waals surface area contributed by atoms with Crippen molar-refractivity contribution in [3.63, 3.8) is 0 Å². The SMILES string of the molecule is CNc1ccc(C=CC(=O)C=Cc2ccc(NC)cc2)cc1. The molecule has 22 heavy (non-hydrogen) atoms. The van der Waals surface area contributed by atoms with E-state index in [4.69, 9.17) is 0 Å². The summed E-state index contributed by atoms with van der Waals surface area (Å²) in [4.78, 5) is 11.8. The van der Waals surface area contributed by atoms with Gasteiger partial charge in [-0.1, -0.05) is 36.4 Å². The molecule has 0 radical (unpaired) electrons. The minimum atomic E-state index is -0.0320. The predicted octanol–water partition coefficient (Wildman–Crippen LogP) is 4.07. The molecule has 0 unspecified atom stereocenters. The molecule has 0 bridgehead atoms. The summed E-state index contributed by atoms with van der Waals surface area (Å²) in [5.74, 6) is -0.0320. The van der Waals surface area contributed by atoms with Crippen LogP contribution in [0.1, 0.15) is 11.1 Å². The number of rotatable bonds is 6. The van der Waals surface area contributed by atoms with Gasteiger partial charge < -0.3 is 10.6 Å². The van der Waals surface area contributed by atoms with E-state index in [-0.39, 0.29) is 5.78 Å². The van der Waals surface area contributed by atoms with Crippen LogP contribution < -0.4 is 10.6 Å². The van der Waals surface area contributed by atoms with Crippen molar-refractivity contribution >= 4 is 29.3 Å². The number of allylic oxidation sites excluding steroid dienone is 2. The van der Waals surface area contributed by atoms with Gasteiger partial charge in [-0.25, -0.2) is 0 Å². The van der Waals surface area contributed by atoms with Gasteiger partial charge in [0.25, 0.3) is 0 Å². The van der Waals surface area contributed by atoms with Crippen LogP contribution in [0.4, 0.5) is 11.4 Å². The summed E-state index contributed by atoms with van der Waals surface area (Å²) in [5.41, 5.74) is 4.10. The number of carbonyl (C=O) groups excluding carboxylic acids is 1. The first-order valence-corrected chi connectivity index (χ1v) is 7.17. The third-order valence-electron chi connectivity index (χ3n) is 3.28. The fraction of sp³-hybridized carbons (Fsp3) is 0.105. The molecular weight excluding hydrogens is 272 g/mol. The van der Waals surface area contributed by atoms with Crippen molar-refractivity contribution in [3.05, 3.63) is 71.8 Å². The highest BCUT2D eigenvalue weighted by Gasteiger charge is 1.93. The molecule has 2 aromatic carbocycles. The third-order valence-corrected chi connectivity index (χ3v) is 3.28. The van der Waals surface area contributed by atoms with Gasteiger partial charge in [-0.2, -0.15) is 0 Å². The Kier molecular flexibility index (Phi) is 5.55. The van der Waals surface area contributed by atoms with Crippen LogP contribution in [0.2, 0.25) is 0 Å². The molecule has 3 heteroatoms. The molecule has 0 aliphatic rings. The van der Waals surface area contributed by atoms with Crippen molar-refractivity contribution in [2.45, 2.75) is 0 Å². The first kappa shape index (κ1) is 15.6. The van der Waals surface area contributed by atoms with Crippen LogP contribution >= 0.6 is 0 Å². The largest absolute Gasteiger partial charge is 0.388 e. The lowest BCUT2D eigenvalue weighted by molar-refractivity contribution is -0.110. The second-order valence-electron chi connectivity index (χ2n) is 4.81. The van der Waals surface area contributed by atoms with E-state index in [0.29, 0.717) is 0 Å². The highest BCUT2D eigenvalue weighted by atomic mass is 16.1. The standard InChI is InChI=1S/C19H20N2O/c1-20-17-9-3-15(4-10-17)7-13-19(22)14-8-16-5-11-18(21-2)12-6-16/h3-14,20-21H,1-2H3. The first-order chi connectivity index (χ1) is 10.7. The van der Waals surface area contributed by atoms with Crippen LogP contribution in [0.25, 0.3) is 12.2 Å². The van der Waals surface area contributed by atoms with E-state index in [1.54, 1.807) is 12.2 Å². The first-order valence-electron chi connectivity index (χ1n) is 7.17. The Morgan fingerprint density at radius 3 is 1.41 bits per heavy atom. The fourth-order valence-corrected chi connectivity index (χ4v) is 1.93. The molecule has 0 atom stereocenters. The average Bonchev–Trinajstić information content (AvgIpc) is 2.59. The Morgan fingerprint density at radius 1 is 0.727 bits per heavy atom. The van der Waals surface area contributed by atoms with E-state index in [1.807, 2.05) is 74.8 Å². The Morgan fingerprint density at radius 2 is 1.09 bits per heavy atom. The molecule has 0 saturated carbocycles. The summed E-state index contributed by atoms with van der Waals surface area (Å²) in [5, 5.41) is 6.12. The van der Waals surface area contributed by atoms with Crippen molar-refractivity contribution in [3.8, 4) is 0 Å². The summed E-state index contributed by atoms with van der Waals surface area (Å²) >= 11 is 0. The molecule has 112 valence electrons. The van der Waals surface area contributed by atoms with Gasteiger partial charge in [0.05, 0.1) is 0 Å². The minimum Gasteiger partial charge on any atom is -0.388 e. The van der Waals surface area contributed by atoms with Crippen molar-refractivity contribution in [2.75, 3.05) is 24.7 Å². The zero-order valence-electron chi connectivity index (χ0n) is 12.8. The third kappa shape index (κ3) is 4.63. The molecule has 3 nitrogen and oxygen atoms in total. The molecule has 0 aromatic heterocycles. The molecule has 0 fully saturated rings.